The first kappa shape index (κ1) is 22.6. The Kier molecular flexibility index (Phi) is 6.35. The van der Waals surface area contributed by atoms with E-state index in [0.717, 1.165) is 48.3 Å². The van der Waals surface area contributed by atoms with Crippen LogP contribution in [-0.2, 0) is 0 Å². The van der Waals surface area contributed by atoms with Crippen LogP contribution in [0.15, 0.2) is 23.3 Å². The molecule has 0 bridgehead atoms. The van der Waals surface area contributed by atoms with Crippen molar-refractivity contribution < 1.29 is 5.11 Å². The molecule has 4 aliphatic rings. The van der Waals surface area contributed by atoms with Gasteiger partial charge in [-0.15, -0.1) is 0 Å². The van der Waals surface area contributed by atoms with Gasteiger partial charge in [0.1, 0.15) is 0 Å². The van der Waals surface area contributed by atoms with Gasteiger partial charge in [-0.25, -0.2) is 0 Å². The Balaban J connectivity index is 1.52. The third-order valence-electron chi connectivity index (χ3n) is 10.6. The quantitative estimate of drug-likeness (QED) is 0.454. The van der Waals surface area contributed by atoms with Crippen LogP contribution < -0.4 is 0 Å². The summed E-state index contributed by atoms with van der Waals surface area (Å²) in [7, 11) is 0. The largest absolute Gasteiger partial charge is 0.388 e. The summed E-state index contributed by atoms with van der Waals surface area (Å²) in [4.78, 5) is 0. The first-order valence-electron chi connectivity index (χ1n) is 13.2. The van der Waals surface area contributed by atoms with E-state index in [2.05, 4.69) is 53.7 Å². The molecule has 3 fully saturated rings. The second-order valence-corrected chi connectivity index (χ2v) is 12.6. The second-order valence-electron chi connectivity index (χ2n) is 12.6. The van der Waals surface area contributed by atoms with E-state index in [1.54, 1.807) is 5.57 Å². The van der Waals surface area contributed by atoms with Crippen molar-refractivity contribution in [3.05, 3.63) is 23.3 Å². The van der Waals surface area contributed by atoms with Crippen LogP contribution in [0.1, 0.15) is 106 Å². The average Bonchev–Trinajstić information content (AvgIpc) is 3.05. The fourth-order valence-corrected chi connectivity index (χ4v) is 8.92. The topological polar surface area (TPSA) is 20.2 Å². The van der Waals surface area contributed by atoms with Crippen LogP contribution >= 0.6 is 0 Å². The maximum atomic E-state index is 10.6. The second kappa shape index (κ2) is 8.42. The Labute approximate surface area is 186 Å². The Hall–Kier alpha value is -0.560. The Morgan fingerprint density at radius 1 is 1.10 bits per heavy atom. The lowest BCUT2D eigenvalue weighted by molar-refractivity contribution is -0.0502. The molecule has 0 saturated heterocycles. The molecule has 0 aliphatic heterocycles. The van der Waals surface area contributed by atoms with Gasteiger partial charge in [-0.3, -0.25) is 0 Å². The highest BCUT2D eigenvalue weighted by Gasteiger charge is 2.59. The molecule has 3 saturated carbocycles. The molecule has 0 spiro atoms. The number of allylic oxidation sites excluding steroid dienone is 2. The van der Waals surface area contributed by atoms with Gasteiger partial charge in [-0.1, -0.05) is 71.6 Å². The van der Waals surface area contributed by atoms with Crippen molar-refractivity contribution in [1.29, 1.82) is 0 Å². The van der Waals surface area contributed by atoms with Crippen molar-refractivity contribution >= 4 is 0 Å². The number of hydrogen-bond donors (Lipinski definition) is 1. The third-order valence-corrected chi connectivity index (χ3v) is 10.6. The van der Waals surface area contributed by atoms with Gasteiger partial charge in [-0.2, -0.15) is 0 Å². The van der Waals surface area contributed by atoms with Crippen LogP contribution in [0.5, 0.6) is 0 Å². The highest BCUT2D eigenvalue weighted by atomic mass is 16.3. The van der Waals surface area contributed by atoms with Crippen LogP contribution in [-0.4, -0.2) is 11.2 Å². The van der Waals surface area contributed by atoms with Crippen molar-refractivity contribution in [1.82, 2.24) is 0 Å². The minimum Gasteiger partial charge on any atom is -0.388 e. The molecule has 0 radical (unpaired) electrons. The normalized spacial score (nSPS) is 45.7. The monoisotopic (exact) mass is 412 g/mol. The molecule has 0 unspecified atom stereocenters. The Bertz CT molecular complexity index is 686. The number of hydrogen-bond acceptors (Lipinski definition) is 1. The Morgan fingerprint density at radius 2 is 1.87 bits per heavy atom. The molecule has 4 aliphatic carbocycles. The SMILES string of the molecule is CC=C1C[C@@]2(C)C(=CC[C@H]3[C@@H]4CC[C@H]([C@H](C)CCCC(C)C)[C@@]4(C)CC[C@@H]32)C[C@H]1O. The summed E-state index contributed by atoms with van der Waals surface area (Å²) in [5.74, 6) is 5.30. The molecule has 0 aromatic rings. The molecule has 1 nitrogen and oxygen atoms in total. The summed E-state index contributed by atoms with van der Waals surface area (Å²) in [5.41, 5.74) is 3.75. The lowest BCUT2D eigenvalue weighted by Crippen LogP contribution is -2.51. The van der Waals surface area contributed by atoms with E-state index in [1.807, 2.05) is 0 Å². The van der Waals surface area contributed by atoms with Crippen molar-refractivity contribution in [2.45, 2.75) is 112 Å². The van der Waals surface area contributed by atoms with Gasteiger partial charge in [0.2, 0.25) is 0 Å². The fourth-order valence-electron chi connectivity index (χ4n) is 8.92. The van der Waals surface area contributed by atoms with Crippen molar-refractivity contribution in [3.8, 4) is 0 Å². The minimum atomic E-state index is -0.234. The molecule has 0 aromatic carbocycles. The summed E-state index contributed by atoms with van der Waals surface area (Å²) in [5, 5.41) is 10.6. The summed E-state index contributed by atoms with van der Waals surface area (Å²) in [6.45, 7) is 14.7. The van der Waals surface area contributed by atoms with E-state index in [0.29, 0.717) is 10.8 Å². The molecule has 1 heteroatoms. The minimum absolute atomic E-state index is 0.234. The Morgan fingerprint density at radius 3 is 2.57 bits per heavy atom. The molecule has 0 aromatic heterocycles. The zero-order valence-corrected chi connectivity index (χ0v) is 20.7. The predicted molar refractivity (Wildman–Crippen MR) is 128 cm³/mol. The molecule has 0 amide bonds. The number of aliphatic hydroxyl groups excluding tert-OH is 1. The van der Waals surface area contributed by atoms with Gasteiger partial charge in [0.25, 0.3) is 0 Å². The molecule has 30 heavy (non-hydrogen) atoms. The predicted octanol–water partition coefficient (Wildman–Crippen LogP) is 7.94. The van der Waals surface area contributed by atoms with Crippen LogP contribution in [0.2, 0.25) is 0 Å². The number of rotatable bonds is 5. The van der Waals surface area contributed by atoms with E-state index >= 15 is 0 Å². The third kappa shape index (κ3) is 3.66. The maximum absolute atomic E-state index is 10.6. The van der Waals surface area contributed by atoms with E-state index in [1.165, 1.54) is 56.9 Å². The van der Waals surface area contributed by atoms with Crippen molar-refractivity contribution in [3.63, 3.8) is 0 Å². The number of aliphatic hydroxyl groups is 1. The van der Waals surface area contributed by atoms with Crippen molar-refractivity contribution in [2.75, 3.05) is 0 Å². The van der Waals surface area contributed by atoms with E-state index in [-0.39, 0.29) is 6.10 Å². The van der Waals surface area contributed by atoms with Crippen molar-refractivity contribution in [2.24, 2.45) is 46.3 Å². The molecular formula is C29H48O. The highest BCUT2D eigenvalue weighted by Crippen LogP contribution is 2.67. The standard InChI is InChI=1S/C29H48O/c1-7-21-18-29(6)22(17-27(21)30)11-12-23-25-14-13-24(20(4)10-8-9-19(2)3)28(25,5)16-15-26(23)29/h7,11,19-20,23-27,30H,8-10,12-18H2,1-6H3/t20-,23+,24-,25+,26+,27-,28-,29+/m1/s1. The lowest BCUT2D eigenvalue weighted by atomic mass is 9.46. The maximum Gasteiger partial charge on any atom is 0.0787 e. The van der Waals surface area contributed by atoms with Crippen LogP contribution in [0.3, 0.4) is 0 Å². The lowest BCUT2D eigenvalue weighted by Gasteiger charge is -2.58. The van der Waals surface area contributed by atoms with Gasteiger partial charge < -0.3 is 5.11 Å². The van der Waals surface area contributed by atoms with E-state index in [4.69, 9.17) is 0 Å². The average molecular weight is 413 g/mol. The molecular weight excluding hydrogens is 364 g/mol. The van der Waals surface area contributed by atoms with Crippen LogP contribution in [0, 0.1) is 46.3 Å². The van der Waals surface area contributed by atoms with Gasteiger partial charge in [0.05, 0.1) is 6.10 Å². The summed E-state index contributed by atoms with van der Waals surface area (Å²) in [6, 6.07) is 0. The smallest absolute Gasteiger partial charge is 0.0787 e. The first-order chi connectivity index (χ1) is 14.2. The van der Waals surface area contributed by atoms with E-state index < -0.39 is 0 Å². The van der Waals surface area contributed by atoms with E-state index in [9.17, 15) is 5.11 Å². The summed E-state index contributed by atoms with van der Waals surface area (Å²) >= 11 is 0. The zero-order valence-electron chi connectivity index (χ0n) is 20.7. The zero-order chi connectivity index (χ0) is 21.7. The van der Waals surface area contributed by atoms with Crippen LogP contribution in [0.25, 0.3) is 0 Å². The highest BCUT2D eigenvalue weighted by molar-refractivity contribution is 5.32. The number of fused-ring (bicyclic) bond motifs is 5. The van der Waals surface area contributed by atoms with Gasteiger partial charge >= 0.3 is 0 Å². The molecule has 0 heterocycles. The summed E-state index contributed by atoms with van der Waals surface area (Å²) in [6.07, 6.45) is 17.8. The van der Waals surface area contributed by atoms with Gasteiger partial charge in [-0.05, 0) is 104 Å². The molecule has 1 N–H and O–H groups in total. The fraction of sp³-hybridized carbons (Fsp3) is 0.862. The molecule has 8 atom stereocenters. The molecule has 4 rings (SSSR count). The summed E-state index contributed by atoms with van der Waals surface area (Å²) < 4.78 is 0. The van der Waals surface area contributed by atoms with Gasteiger partial charge in [0, 0.05) is 0 Å². The van der Waals surface area contributed by atoms with Gasteiger partial charge in [0.15, 0.2) is 0 Å². The first-order valence-corrected chi connectivity index (χ1v) is 13.2. The molecule has 170 valence electrons. The van der Waals surface area contributed by atoms with Crippen LogP contribution in [0.4, 0.5) is 0 Å².